The van der Waals surface area contributed by atoms with E-state index in [0.29, 0.717) is 11.9 Å². The average molecular weight is 454 g/mol. The molecule has 0 radical (unpaired) electrons. The molecule has 1 aliphatic heterocycles. The highest BCUT2D eigenvalue weighted by atomic mass is 35.5. The number of rotatable bonds is 8. The molecular weight excluding hydrogens is 410 g/mol. The minimum Gasteiger partial charge on any atom is -0.380 e. The van der Waals surface area contributed by atoms with E-state index in [1.165, 1.54) is 11.1 Å². The number of alkyl halides is 1. The van der Waals surface area contributed by atoms with Crippen LogP contribution in [0, 0.1) is 0 Å². The number of ether oxygens (including phenoxy) is 1. The first kappa shape index (κ1) is 31.5. The molecule has 0 aromatic heterocycles. The zero-order valence-electron chi connectivity index (χ0n) is 20.2. The second kappa shape index (κ2) is 23.0. The highest BCUT2D eigenvalue weighted by molar-refractivity contribution is 6.18. The summed E-state index contributed by atoms with van der Waals surface area (Å²) in [7, 11) is 0. The molecule has 0 saturated carbocycles. The largest absolute Gasteiger partial charge is 0.380 e. The van der Waals surface area contributed by atoms with Gasteiger partial charge >= 0.3 is 0 Å². The van der Waals surface area contributed by atoms with Gasteiger partial charge in [0, 0.05) is 45.2 Å². The van der Waals surface area contributed by atoms with Crippen LogP contribution in [-0.2, 0) is 9.53 Å². The number of amides is 1. The molecule has 2 N–H and O–H groups in total. The summed E-state index contributed by atoms with van der Waals surface area (Å²) < 4.78 is 5.47. The Morgan fingerprint density at radius 2 is 1.74 bits per heavy atom. The van der Waals surface area contributed by atoms with Gasteiger partial charge in [0.2, 0.25) is 6.41 Å². The summed E-state index contributed by atoms with van der Waals surface area (Å²) in [6.07, 6.45) is 4.14. The van der Waals surface area contributed by atoms with Crippen LogP contribution in [0.4, 0.5) is 0 Å². The monoisotopic (exact) mass is 453 g/mol. The van der Waals surface area contributed by atoms with Crippen LogP contribution in [0.1, 0.15) is 46.2 Å². The first-order valence-corrected chi connectivity index (χ1v) is 11.7. The van der Waals surface area contributed by atoms with Gasteiger partial charge in [-0.15, -0.1) is 18.2 Å². The summed E-state index contributed by atoms with van der Waals surface area (Å²) in [5.74, 6) is 0.556. The van der Waals surface area contributed by atoms with E-state index >= 15 is 0 Å². The topological polar surface area (TPSA) is 58.8 Å². The van der Waals surface area contributed by atoms with Crippen molar-refractivity contribution in [3.63, 3.8) is 0 Å². The van der Waals surface area contributed by atoms with Crippen molar-refractivity contribution in [3.8, 4) is 0 Å². The lowest BCUT2D eigenvalue weighted by molar-refractivity contribution is -0.106. The zero-order chi connectivity index (χ0) is 23.9. The molecule has 1 unspecified atom stereocenters. The van der Waals surface area contributed by atoms with Crippen LogP contribution < -0.4 is 5.73 Å². The molecule has 6 heteroatoms. The van der Waals surface area contributed by atoms with Crippen molar-refractivity contribution < 1.29 is 9.53 Å². The molecule has 31 heavy (non-hydrogen) atoms. The third-order valence-electron chi connectivity index (χ3n) is 4.64. The fraction of sp³-hybridized carbons (Fsp3) is 0.560. The van der Waals surface area contributed by atoms with E-state index in [1.807, 2.05) is 13.8 Å². The van der Waals surface area contributed by atoms with Crippen LogP contribution in [-0.4, -0.2) is 68.0 Å². The maximum absolute atomic E-state index is 8.58. The summed E-state index contributed by atoms with van der Waals surface area (Å²) in [6.45, 7) is 21.0. The molecule has 2 rings (SSSR count). The summed E-state index contributed by atoms with van der Waals surface area (Å²) in [6, 6.07) is 11.3. The summed E-state index contributed by atoms with van der Waals surface area (Å²) >= 11 is 5.07. The number of nitrogens with zero attached hydrogens (tertiary/aromatic N) is 2. The fourth-order valence-corrected chi connectivity index (χ4v) is 3.14. The third kappa shape index (κ3) is 14.9. The van der Waals surface area contributed by atoms with E-state index in [9.17, 15) is 0 Å². The summed E-state index contributed by atoms with van der Waals surface area (Å²) in [5.41, 5.74) is 7.01. The van der Waals surface area contributed by atoms with Crippen molar-refractivity contribution >= 4 is 18.0 Å². The quantitative estimate of drug-likeness (QED) is 0.263. The number of carbonyl (C=O) groups is 1. The van der Waals surface area contributed by atoms with Gasteiger partial charge in [0.1, 0.15) is 0 Å². The molecule has 1 heterocycles. The molecule has 0 aliphatic carbocycles. The molecular formula is C25H44ClN3O2. The number of halogens is 1. The van der Waals surface area contributed by atoms with Gasteiger partial charge in [-0.2, -0.15) is 0 Å². The second-order valence-corrected chi connectivity index (χ2v) is 6.81. The Morgan fingerprint density at radius 1 is 1.23 bits per heavy atom. The van der Waals surface area contributed by atoms with Gasteiger partial charge in [0.15, 0.2) is 0 Å². The van der Waals surface area contributed by atoms with Crippen molar-refractivity contribution in [2.45, 2.75) is 40.7 Å². The number of carbonyl (C=O) groups excluding carboxylic acids is 1. The standard InChI is InChI=1S/C19H30N2O.C3H5Cl.C2H6.CH3NO/c1-4-17(3)19(18-9-7-6-8-10-18)21-13-11-20(12-14-21)15-16-22-5-2;1-2-3-4;1-2;2-1-3/h4,6-10,19H,5,11-16H2,1-3H3;2H,1,3H2;1-2H3;1H,(H2,2,3)/b17-4+;;;. The van der Waals surface area contributed by atoms with Crippen molar-refractivity contribution in [2.24, 2.45) is 5.73 Å². The van der Waals surface area contributed by atoms with Crippen LogP contribution in [0.2, 0.25) is 0 Å². The van der Waals surface area contributed by atoms with Crippen LogP contribution in [0.5, 0.6) is 0 Å². The maximum Gasteiger partial charge on any atom is 0.204 e. The van der Waals surface area contributed by atoms with Gasteiger partial charge in [0.25, 0.3) is 0 Å². The first-order valence-electron chi connectivity index (χ1n) is 11.1. The van der Waals surface area contributed by atoms with Gasteiger partial charge < -0.3 is 10.5 Å². The van der Waals surface area contributed by atoms with E-state index < -0.39 is 0 Å². The number of primary amides is 1. The Hall–Kier alpha value is -1.66. The number of piperazine rings is 1. The lowest BCUT2D eigenvalue weighted by Gasteiger charge is -2.40. The molecule has 1 fully saturated rings. The number of allylic oxidation sites excluding steroid dienone is 2. The first-order chi connectivity index (χ1) is 15.1. The Bertz CT molecular complexity index is 559. The number of hydrogen-bond acceptors (Lipinski definition) is 4. The van der Waals surface area contributed by atoms with Gasteiger partial charge in [-0.25, -0.2) is 0 Å². The molecule has 1 aromatic rings. The van der Waals surface area contributed by atoms with E-state index in [2.05, 4.69) is 79.3 Å². The van der Waals surface area contributed by atoms with Crippen LogP contribution >= 0.6 is 11.6 Å². The Kier molecular flexibility index (Phi) is 23.4. The minimum atomic E-state index is 0.250. The Balaban J connectivity index is 0. The Labute approximate surface area is 195 Å². The van der Waals surface area contributed by atoms with Crippen molar-refractivity contribution in [3.05, 3.63) is 60.2 Å². The second-order valence-electron chi connectivity index (χ2n) is 6.50. The van der Waals surface area contributed by atoms with E-state index in [1.54, 1.807) is 6.08 Å². The molecule has 0 bridgehead atoms. The average Bonchev–Trinajstić information content (AvgIpc) is 2.83. The molecule has 1 aromatic carbocycles. The smallest absolute Gasteiger partial charge is 0.204 e. The van der Waals surface area contributed by atoms with E-state index in [0.717, 1.165) is 45.9 Å². The predicted octanol–water partition coefficient (Wildman–Crippen LogP) is 4.89. The normalized spacial score (nSPS) is 15.1. The molecule has 1 aliphatic rings. The van der Waals surface area contributed by atoms with Crippen molar-refractivity contribution in [2.75, 3.05) is 51.8 Å². The van der Waals surface area contributed by atoms with Gasteiger partial charge in [-0.05, 0) is 26.3 Å². The van der Waals surface area contributed by atoms with Crippen molar-refractivity contribution in [1.82, 2.24) is 9.80 Å². The van der Waals surface area contributed by atoms with E-state index in [-0.39, 0.29) is 6.41 Å². The molecule has 5 nitrogen and oxygen atoms in total. The SMILES string of the molecule is C/C=C(\C)C(c1ccccc1)N1CCN(CCOCC)CC1.C=CCCl.CC.NC=O. The molecule has 1 saturated heterocycles. The van der Waals surface area contributed by atoms with Crippen LogP contribution in [0.15, 0.2) is 54.6 Å². The van der Waals surface area contributed by atoms with Crippen LogP contribution in [0.3, 0.4) is 0 Å². The number of benzene rings is 1. The van der Waals surface area contributed by atoms with E-state index in [4.69, 9.17) is 21.1 Å². The molecule has 0 spiro atoms. The zero-order valence-corrected chi connectivity index (χ0v) is 21.0. The summed E-state index contributed by atoms with van der Waals surface area (Å²) in [4.78, 5) is 13.7. The highest BCUT2D eigenvalue weighted by Gasteiger charge is 2.25. The molecule has 1 amide bonds. The third-order valence-corrected chi connectivity index (χ3v) is 4.86. The lowest BCUT2D eigenvalue weighted by Crippen LogP contribution is -2.48. The summed E-state index contributed by atoms with van der Waals surface area (Å²) in [5, 5.41) is 0. The predicted molar refractivity (Wildman–Crippen MR) is 136 cm³/mol. The number of nitrogens with two attached hydrogens (primary N) is 1. The fourth-order valence-electron chi connectivity index (χ4n) is 3.14. The van der Waals surface area contributed by atoms with Gasteiger partial charge in [0.05, 0.1) is 12.6 Å². The molecule has 178 valence electrons. The maximum atomic E-state index is 8.58. The number of hydrogen-bond donors (Lipinski definition) is 1. The van der Waals surface area contributed by atoms with Crippen molar-refractivity contribution in [1.29, 1.82) is 0 Å². The molecule has 1 atom stereocenters. The van der Waals surface area contributed by atoms with Gasteiger partial charge in [-0.3, -0.25) is 14.6 Å². The Morgan fingerprint density at radius 3 is 2.16 bits per heavy atom. The van der Waals surface area contributed by atoms with Gasteiger partial charge in [-0.1, -0.05) is 61.9 Å². The lowest BCUT2D eigenvalue weighted by atomic mass is 9.97. The van der Waals surface area contributed by atoms with Crippen LogP contribution in [0.25, 0.3) is 0 Å². The highest BCUT2D eigenvalue weighted by Crippen LogP contribution is 2.29. The minimum absolute atomic E-state index is 0.250.